The van der Waals surface area contributed by atoms with E-state index in [1.165, 1.54) is 5.56 Å². The number of carbonyl (C=O) groups excluding carboxylic acids is 2. The van der Waals surface area contributed by atoms with Gasteiger partial charge in [-0.15, -0.1) is 0 Å². The van der Waals surface area contributed by atoms with E-state index in [1.54, 1.807) is 22.0 Å². The second kappa shape index (κ2) is 8.77. The molecule has 1 unspecified atom stereocenters. The molecule has 4 heterocycles. The summed E-state index contributed by atoms with van der Waals surface area (Å²) in [6.45, 7) is 5.39. The molecule has 2 aliphatic rings. The zero-order chi connectivity index (χ0) is 22.9. The Labute approximate surface area is 193 Å². The zero-order valence-electron chi connectivity index (χ0n) is 19.1. The van der Waals surface area contributed by atoms with Crippen molar-refractivity contribution in [1.29, 1.82) is 0 Å². The molecule has 5 rings (SSSR count). The third kappa shape index (κ3) is 4.25. The van der Waals surface area contributed by atoms with Gasteiger partial charge in [-0.1, -0.05) is 29.8 Å². The fourth-order valence-electron chi connectivity index (χ4n) is 4.75. The minimum Gasteiger partial charge on any atom is -0.331 e. The van der Waals surface area contributed by atoms with Crippen LogP contribution in [0.1, 0.15) is 53.5 Å². The van der Waals surface area contributed by atoms with Crippen molar-refractivity contribution in [1.82, 2.24) is 24.6 Å². The van der Waals surface area contributed by atoms with E-state index >= 15 is 0 Å². The van der Waals surface area contributed by atoms with E-state index < -0.39 is 0 Å². The number of benzene rings is 1. The third-order valence-corrected chi connectivity index (χ3v) is 6.54. The quantitative estimate of drug-likeness (QED) is 0.604. The lowest BCUT2D eigenvalue weighted by atomic mass is 10.0. The van der Waals surface area contributed by atoms with E-state index in [2.05, 4.69) is 36.3 Å². The van der Waals surface area contributed by atoms with Crippen LogP contribution >= 0.6 is 0 Å². The second-order valence-electron chi connectivity index (χ2n) is 8.88. The number of anilines is 1. The molecule has 2 amide bonds. The first kappa shape index (κ1) is 21.3. The maximum atomic E-state index is 13.0. The van der Waals surface area contributed by atoms with Crippen LogP contribution in [0.2, 0.25) is 0 Å². The number of rotatable bonds is 5. The van der Waals surface area contributed by atoms with Gasteiger partial charge in [-0.25, -0.2) is 9.97 Å². The molecule has 0 N–H and O–H groups in total. The molecular formula is C25H28N6O2. The van der Waals surface area contributed by atoms with Crippen LogP contribution in [0.3, 0.4) is 0 Å². The molecule has 0 spiro atoms. The highest BCUT2D eigenvalue weighted by atomic mass is 16.2. The van der Waals surface area contributed by atoms with Gasteiger partial charge in [0.05, 0.1) is 12.6 Å². The predicted molar refractivity (Wildman–Crippen MR) is 123 cm³/mol. The second-order valence-corrected chi connectivity index (χ2v) is 8.88. The van der Waals surface area contributed by atoms with Crippen LogP contribution in [0.5, 0.6) is 0 Å². The summed E-state index contributed by atoms with van der Waals surface area (Å²) in [7, 11) is 0. The molecule has 1 aromatic carbocycles. The summed E-state index contributed by atoms with van der Waals surface area (Å²) in [5.41, 5.74) is 4.17. The van der Waals surface area contributed by atoms with E-state index in [1.807, 2.05) is 17.9 Å². The monoisotopic (exact) mass is 444 g/mol. The van der Waals surface area contributed by atoms with Crippen molar-refractivity contribution in [3.8, 4) is 0 Å². The molecule has 3 aromatic rings. The van der Waals surface area contributed by atoms with Crippen LogP contribution in [0.25, 0.3) is 0 Å². The molecule has 0 aliphatic carbocycles. The summed E-state index contributed by atoms with van der Waals surface area (Å²) < 4.78 is 1.64. The average Bonchev–Trinajstić information content (AvgIpc) is 3.49. The maximum Gasteiger partial charge on any atom is 0.244 e. The Bertz CT molecular complexity index is 1170. The number of carbonyl (C=O) groups is 2. The minimum absolute atomic E-state index is 0.00719. The minimum atomic E-state index is -0.185. The Morgan fingerprint density at radius 2 is 1.94 bits per heavy atom. The molecule has 2 aliphatic heterocycles. The van der Waals surface area contributed by atoms with Gasteiger partial charge in [-0.05, 0) is 44.7 Å². The van der Waals surface area contributed by atoms with Gasteiger partial charge in [0.2, 0.25) is 11.8 Å². The molecule has 1 atom stereocenters. The van der Waals surface area contributed by atoms with Crippen molar-refractivity contribution in [2.75, 3.05) is 11.4 Å². The van der Waals surface area contributed by atoms with Crippen molar-refractivity contribution >= 4 is 17.6 Å². The standard InChI is InChI=1S/C25H28N6O2/c1-17-6-8-19(9-7-17)15-31-22(32)11-10-20-18(2)27-24(28-25(20)31)21-5-3-14-30(21)23(33)16-29-13-4-12-26-29/h4,6-9,12-13,21H,3,5,10-11,14-16H2,1-2H3. The van der Waals surface area contributed by atoms with Crippen molar-refractivity contribution in [2.24, 2.45) is 0 Å². The normalized spacial score (nSPS) is 18.0. The SMILES string of the molecule is Cc1ccc(CN2C(=O)CCc3c(C)nc(C4CCCN4C(=O)Cn4cccn4)nc32)cc1. The Morgan fingerprint density at radius 1 is 1.12 bits per heavy atom. The molecule has 170 valence electrons. The van der Waals surface area contributed by atoms with Crippen LogP contribution in [-0.4, -0.2) is 43.0 Å². The average molecular weight is 445 g/mol. The summed E-state index contributed by atoms with van der Waals surface area (Å²) >= 11 is 0. The largest absolute Gasteiger partial charge is 0.331 e. The Kier molecular flexibility index (Phi) is 5.66. The smallest absolute Gasteiger partial charge is 0.244 e. The molecule has 8 nitrogen and oxygen atoms in total. The van der Waals surface area contributed by atoms with Gasteiger partial charge in [-0.2, -0.15) is 5.10 Å². The summed E-state index contributed by atoms with van der Waals surface area (Å²) in [5.74, 6) is 1.40. The molecule has 2 aromatic heterocycles. The molecule has 0 saturated carbocycles. The van der Waals surface area contributed by atoms with Crippen LogP contribution < -0.4 is 4.90 Å². The van der Waals surface area contributed by atoms with Gasteiger partial charge in [0, 0.05) is 36.6 Å². The fourth-order valence-corrected chi connectivity index (χ4v) is 4.75. The Morgan fingerprint density at radius 3 is 2.70 bits per heavy atom. The van der Waals surface area contributed by atoms with Gasteiger partial charge in [0.1, 0.15) is 12.4 Å². The van der Waals surface area contributed by atoms with Gasteiger partial charge < -0.3 is 4.90 Å². The van der Waals surface area contributed by atoms with Crippen molar-refractivity contribution in [2.45, 2.75) is 58.7 Å². The van der Waals surface area contributed by atoms with Gasteiger partial charge in [0.25, 0.3) is 0 Å². The van der Waals surface area contributed by atoms with E-state index in [4.69, 9.17) is 9.97 Å². The Balaban J connectivity index is 1.45. The van der Waals surface area contributed by atoms with E-state index in [0.29, 0.717) is 37.6 Å². The van der Waals surface area contributed by atoms with Gasteiger partial charge in [0.15, 0.2) is 5.82 Å². The van der Waals surface area contributed by atoms with Crippen LogP contribution in [0.4, 0.5) is 5.82 Å². The highest BCUT2D eigenvalue weighted by Gasteiger charge is 2.35. The first-order valence-corrected chi connectivity index (χ1v) is 11.5. The molecule has 0 bridgehead atoms. The predicted octanol–water partition coefficient (Wildman–Crippen LogP) is 3.13. The molecule has 8 heteroatoms. The van der Waals surface area contributed by atoms with E-state index in [0.717, 1.165) is 29.7 Å². The topological polar surface area (TPSA) is 84.2 Å². The van der Waals surface area contributed by atoms with Crippen LogP contribution in [-0.2, 0) is 29.1 Å². The van der Waals surface area contributed by atoms with E-state index in [9.17, 15) is 9.59 Å². The van der Waals surface area contributed by atoms with Gasteiger partial charge in [-0.3, -0.25) is 19.2 Å². The molecular weight excluding hydrogens is 416 g/mol. The third-order valence-electron chi connectivity index (χ3n) is 6.54. The molecule has 33 heavy (non-hydrogen) atoms. The highest BCUT2D eigenvalue weighted by molar-refractivity contribution is 5.95. The van der Waals surface area contributed by atoms with Crippen molar-refractivity contribution in [3.05, 3.63) is 70.9 Å². The summed E-state index contributed by atoms with van der Waals surface area (Å²) in [6.07, 6.45) is 6.29. The van der Waals surface area contributed by atoms with Crippen LogP contribution in [0, 0.1) is 13.8 Å². The number of nitrogens with zero attached hydrogens (tertiary/aromatic N) is 6. The molecule has 0 radical (unpaired) electrons. The fraction of sp³-hybridized carbons (Fsp3) is 0.400. The summed E-state index contributed by atoms with van der Waals surface area (Å²) in [5, 5.41) is 4.15. The lowest BCUT2D eigenvalue weighted by molar-refractivity contribution is -0.133. The maximum absolute atomic E-state index is 13.0. The Hall–Kier alpha value is -3.55. The van der Waals surface area contributed by atoms with Gasteiger partial charge >= 0.3 is 0 Å². The number of hydrogen-bond donors (Lipinski definition) is 0. The van der Waals surface area contributed by atoms with Crippen molar-refractivity contribution < 1.29 is 9.59 Å². The van der Waals surface area contributed by atoms with Crippen molar-refractivity contribution in [3.63, 3.8) is 0 Å². The molecule has 1 fully saturated rings. The number of aromatic nitrogens is 4. The zero-order valence-corrected chi connectivity index (χ0v) is 19.1. The highest BCUT2D eigenvalue weighted by Crippen LogP contribution is 2.35. The first-order valence-electron chi connectivity index (χ1n) is 11.5. The number of aryl methyl sites for hydroxylation is 2. The number of amides is 2. The number of fused-ring (bicyclic) bond motifs is 1. The number of likely N-dealkylation sites (tertiary alicyclic amines) is 1. The lowest BCUT2D eigenvalue weighted by Crippen LogP contribution is -2.38. The van der Waals surface area contributed by atoms with E-state index in [-0.39, 0.29) is 24.4 Å². The summed E-state index contributed by atoms with van der Waals surface area (Å²) in [6, 6.07) is 9.85. The molecule has 1 saturated heterocycles. The lowest BCUT2D eigenvalue weighted by Gasteiger charge is -2.31. The number of hydrogen-bond acceptors (Lipinski definition) is 5. The summed E-state index contributed by atoms with van der Waals surface area (Å²) in [4.78, 5) is 39.3. The van der Waals surface area contributed by atoms with Crippen LogP contribution in [0.15, 0.2) is 42.7 Å². The first-order chi connectivity index (χ1) is 16.0.